The Labute approximate surface area is 181 Å². The smallest absolute Gasteiger partial charge is 0.322 e. The Kier molecular flexibility index (Phi) is 6.67. The zero-order valence-electron chi connectivity index (χ0n) is 16.2. The maximum Gasteiger partial charge on any atom is 0.322 e. The molecule has 2 aromatic carbocycles. The highest BCUT2D eigenvalue weighted by Crippen LogP contribution is 2.32. The molecule has 0 bridgehead atoms. The van der Waals surface area contributed by atoms with E-state index in [0.29, 0.717) is 36.8 Å². The maximum absolute atomic E-state index is 13.5. The van der Waals surface area contributed by atoms with Gasteiger partial charge in [0.2, 0.25) is 0 Å². The van der Waals surface area contributed by atoms with Gasteiger partial charge >= 0.3 is 6.03 Å². The molecule has 2 aromatic rings. The number of piperazine rings is 1. The van der Waals surface area contributed by atoms with Crippen LogP contribution in [0, 0.1) is 6.92 Å². The fraction of sp³-hybridized carbons (Fsp3) is 0.333. The Morgan fingerprint density at radius 2 is 1.90 bits per heavy atom. The summed E-state index contributed by atoms with van der Waals surface area (Å²) in [5, 5.41) is 6.83. The summed E-state index contributed by atoms with van der Waals surface area (Å²) in [4.78, 5) is 29.2. The predicted octanol–water partition coefficient (Wildman–Crippen LogP) is 3.39. The minimum atomic E-state index is -0.131. The second kappa shape index (κ2) is 9.03. The van der Waals surface area contributed by atoms with Crippen LogP contribution in [0.25, 0.3) is 0 Å². The molecule has 1 atom stereocenters. The van der Waals surface area contributed by atoms with E-state index in [-0.39, 0.29) is 30.4 Å². The maximum atomic E-state index is 13.5. The van der Waals surface area contributed by atoms with Gasteiger partial charge in [-0.25, -0.2) is 4.79 Å². The van der Waals surface area contributed by atoms with Crippen LogP contribution in [0.15, 0.2) is 42.5 Å². The number of urea groups is 1. The fourth-order valence-electron chi connectivity index (χ4n) is 3.97. The molecule has 4 rings (SSSR count). The van der Waals surface area contributed by atoms with Crippen LogP contribution in [0.5, 0.6) is 0 Å². The molecule has 2 heterocycles. The Balaban J connectivity index is 0.00000240. The van der Waals surface area contributed by atoms with Crippen molar-refractivity contribution < 1.29 is 9.59 Å². The van der Waals surface area contributed by atoms with Gasteiger partial charge in [-0.2, -0.15) is 0 Å². The van der Waals surface area contributed by atoms with Gasteiger partial charge in [0, 0.05) is 49.0 Å². The van der Waals surface area contributed by atoms with Gasteiger partial charge in [-0.3, -0.25) is 9.69 Å². The molecule has 0 spiro atoms. The van der Waals surface area contributed by atoms with Crippen LogP contribution in [0.3, 0.4) is 0 Å². The Morgan fingerprint density at radius 3 is 2.62 bits per heavy atom. The molecule has 2 N–H and O–H groups in total. The molecule has 2 saturated heterocycles. The minimum absolute atomic E-state index is 0. The Morgan fingerprint density at radius 1 is 1.10 bits per heavy atom. The van der Waals surface area contributed by atoms with E-state index in [4.69, 9.17) is 11.6 Å². The summed E-state index contributed by atoms with van der Waals surface area (Å²) in [6.45, 7) is 5.11. The molecule has 2 aliphatic rings. The average molecular weight is 435 g/mol. The lowest BCUT2D eigenvalue weighted by molar-refractivity contribution is 0.0633. The van der Waals surface area contributed by atoms with Crippen molar-refractivity contribution in [3.8, 4) is 0 Å². The first-order valence-electron chi connectivity index (χ1n) is 9.49. The molecule has 1 unspecified atom stereocenters. The van der Waals surface area contributed by atoms with Gasteiger partial charge in [-0.05, 0) is 36.2 Å². The summed E-state index contributed by atoms with van der Waals surface area (Å²) < 4.78 is 0. The third kappa shape index (κ3) is 4.06. The van der Waals surface area contributed by atoms with E-state index in [2.05, 4.69) is 10.6 Å². The lowest BCUT2D eigenvalue weighted by Gasteiger charge is -2.37. The quantitative estimate of drug-likeness (QED) is 0.777. The molecule has 0 aromatic heterocycles. The van der Waals surface area contributed by atoms with Crippen molar-refractivity contribution in [3.05, 3.63) is 64.2 Å². The van der Waals surface area contributed by atoms with Crippen LogP contribution >= 0.6 is 24.0 Å². The number of halogens is 2. The largest absolute Gasteiger partial charge is 0.336 e. The number of nitrogens with zero attached hydrogens (tertiary/aromatic N) is 2. The summed E-state index contributed by atoms with van der Waals surface area (Å²) in [7, 11) is 0. The van der Waals surface area contributed by atoms with Crippen LogP contribution in [-0.4, -0.2) is 49.6 Å². The molecule has 2 fully saturated rings. The molecule has 6 nitrogen and oxygen atoms in total. The third-order valence-electron chi connectivity index (χ3n) is 5.45. The van der Waals surface area contributed by atoms with Crippen LogP contribution in [0.2, 0.25) is 5.02 Å². The topological polar surface area (TPSA) is 64.7 Å². The van der Waals surface area contributed by atoms with Crippen LogP contribution in [0.4, 0.5) is 10.5 Å². The summed E-state index contributed by atoms with van der Waals surface area (Å²) in [6, 6.07) is 13.0. The first-order valence-corrected chi connectivity index (χ1v) is 9.87. The van der Waals surface area contributed by atoms with Gasteiger partial charge in [-0.15, -0.1) is 12.4 Å². The van der Waals surface area contributed by atoms with Gasteiger partial charge in [0.05, 0.1) is 6.04 Å². The summed E-state index contributed by atoms with van der Waals surface area (Å²) in [6.07, 6.45) is 0. The summed E-state index contributed by atoms with van der Waals surface area (Å²) >= 11 is 6.42. The highest BCUT2D eigenvalue weighted by Gasteiger charge is 2.32. The molecule has 2 aliphatic heterocycles. The van der Waals surface area contributed by atoms with Crippen molar-refractivity contribution in [1.29, 1.82) is 0 Å². The van der Waals surface area contributed by atoms with Gasteiger partial charge in [0.1, 0.15) is 0 Å². The fourth-order valence-corrected chi connectivity index (χ4v) is 4.24. The SMILES string of the molecule is Cc1c(C(=O)N2CCNCC2c2ccccc2Cl)cccc1N1CCNC1=O.Cl. The predicted molar refractivity (Wildman–Crippen MR) is 117 cm³/mol. The summed E-state index contributed by atoms with van der Waals surface area (Å²) in [5.41, 5.74) is 3.17. The van der Waals surface area contributed by atoms with Crippen molar-refractivity contribution in [2.75, 3.05) is 37.6 Å². The van der Waals surface area contributed by atoms with Crippen molar-refractivity contribution >= 4 is 41.6 Å². The van der Waals surface area contributed by atoms with E-state index >= 15 is 0 Å². The van der Waals surface area contributed by atoms with Crippen LogP contribution in [0.1, 0.15) is 27.5 Å². The highest BCUT2D eigenvalue weighted by atomic mass is 35.5. The summed E-state index contributed by atoms with van der Waals surface area (Å²) in [5.74, 6) is -0.0367. The number of hydrogen-bond acceptors (Lipinski definition) is 3. The number of hydrogen-bond donors (Lipinski definition) is 2. The number of carbonyl (C=O) groups is 2. The molecule has 29 heavy (non-hydrogen) atoms. The standard InChI is InChI=1S/C21H23ClN4O2.ClH/c1-14-15(6-4-8-18(14)26-12-10-24-21(26)28)20(27)25-11-9-23-13-19(25)16-5-2-3-7-17(16)22;/h2-8,19,23H,9-13H2,1H3,(H,24,28);1H. The van der Waals surface area contributed by atoms with E-state index in [1.54, 1.807) is 4.90 Å². The number of amides is 3. The Bertz CT molecular complexity index is 921. The van der Waals surface area contributed by atoms with E-state index in [9.17, 15) is 9.59 Å². The zero-order valence-corrected chi connectivity index (χ0v) is 17.7. The number of benzene rings is 2. The van der Waals surface area contributed by atoms with Crippen molar-refractivity contribution in [3.63, 3.8) is 0 Å². The monoisotopic (exact) mass is 434 g/mol. The van der Waals surface area contributed by atoms with Crippen LogP contribution in [-0.2, 0) is 0 Å². The average Bonchev–Trinajstić information content (AvgIpc) is 3.14. The number of nitrogens with one attached hydrogen (secondary N) is 2. The molecular formula is C21H24Cl2N4O2. The zero-order chi connectivity index (χ0) is 19.7. The number of anilines is 1. The van der Waals surface area contributed by atoms with Gasteiger partial charge in [0.15, 0.2) is 0 Å². The van der Waals surface area contributed by atoms with E-state index < -0.39 is 0 Å². The molecule has 8 heteroatoms. The normalized spacial score (nSPS) is 19.0. The lowest BCUT2D eigenvalue weighted by Crippen LogP contribution is -2.49. The van der Waals surface area contributed by atoms with Gasteiger partial charge in [-0.1, -0.05) is 35.9 Å². The van der Waals surface area contributed by atoms with Crippen LogP contribution < -0.4 is 15.5 Å². The lowest BCUT2D eigenvalue weighted by atomic mass is 9.99. The first-order chi connectivity index (χ1) is 13.6. The molecular weight excluding hydrogens is 411 g/mol. The molecule has 0 aliphatic carbocycles. The number of rotatable bonds is 3. The molecule has 0 radical (unpaired) electrons. The van der Waals surface area contributed by atoms with Crippen molar-refractivity contribution in [1.82, 2.24) is 15.5 Å². The first kappa shape index (κ1) is 21.4. The minimum Gasteiger partial charge on any atom is -0.336 e. The second-order valence-electron chi connectivity index (χ2n) is 7.07. The van der Waals surface area contributed by atoms with E-state index in [1.807, 2.05) is 54.3 Å². The third-order valence-corrected chi connectivity index (χ3v) is 5.80. The number of carbonyl (C=O) groups excluding carboxylic acids is 2. The van der Waals surface area contributed by atoms with Crippen molar-refractivity contribution in [2.24, 2.45) is 0 Å². The molecule has 3 amide bonds. The van der Waals surface area contributed by atoms with Gasteiger partial charge < -0.3 is 15.5 Å². The van der Waals surface area contributed by atoms with Gasteiger partial charge in [0.25, 0.3) is 5.91 Å². The van der Waals surface area contributed by atoms with E-state index in [1.165, 1.54) is 0 Å². The second-order valence-corrected chi connectivity index (χ2v) is 7.48. The molecule has 0 saturated carbocycles. The molecule has 154 valence electrons. The van der Waals surface area contributed by atoms with E-state index in [0.717, 1.165) is 23.4 Å². The van der Waals surface area contributed by atoms with Crippen molar-refractivity contribution in [2.45, 2.75) is 13.0 Å². The highest BCUT2D eigenvalue weighted by molar-refractivity contribution is 6.31. The Hall–Kier alpha value is -2.28.